The molecule has 0 spiro atoms. The van der Waals surface area contributed by atoms with Crippen LogP contribution < -0.4 is 10.2 Å². The lowest BCUT2D eigenvalue weighted by molar-refractivity contribution is -0.115. The maximum absolute atomic E-state index is 12.5. The third kappa shape index (κ3) is 4.08. The fourth-order valence-corrected chi connectivity index (χ4v) is 3.48. The summed E-state index contributed by atoms with van der Waals surface area (Å²) in [6.45, 7) is 6.93. The highest BCUT2D eigenvalue weighted by Crippen LogP contribution is 2.24. The molecule has 0 aliphatic heterocycles. The number of hydrogen-bond acceptors (Lipinski definition) is 5. The first-order valence-corrected chi connectivity index (χ1v) is 9.36. The molecule has 2 aromatic carbocycles. The van der Waals surface area contributed by atoms with E-state index < -0.39 is 0 Å². The molecule has 0 aliphatic carbocycles. The van der Waals surface area contributed by atoms with Crippen LogP contribution in [0.2, 0.25) is 0 Å². The summed E-state index contributed by atoms with van der Waals surface area (Å²) in [5.74, 6) is 0.639. The lowest BCUT2D eigenvalue weighted by atomic mass is 10.1. The fourth-order valence-electron chi connectivity index (χ4n) is 2.73. The van der Waals surface area contributed by atoms with E-state index >= 15 is 0 Å². The third-order valence-electron chi connectivity index (χ3n) is 4.18. The molecule has 0 aliphatic rings. The summed E-state index contributed by atoms with van der Waals surface area (Å²) in [6.07, 6.45) is 0. The number of para-hydroxylation sites is 1. The van der Waals surface area contributed by atoms with E-state index in [4.69, 9.17) is 0 Å². The van der Waals surface area contributed by atoms with Crippen molar-refractivity contribution in [1.82, 2.24) is 9.36 Å². The van der Waals surface area contributed by atoms with Gasteiger partial charge in [-0.25, -0.2) is 0 Å². The molecular weight excluding hydrogens is 344 g/mol. The number of amides is 1. The van der Waals surface area contributed by atoms with Gasteiger partial charge in [0, 0.05) is 29.3 Å². The van der Waals surface area contributed by atoms with E-state index in [0.29, 0.717) is 12.4 Å². The average Bonchev–Trinajstić information content (AvgIpc) is 3.13. The molecule has 1 N–H and O–H groups in total. The zero-order valence-corrected chi connectivity index (χ0v) is 16.0. The largest absolute Gasteiger partial charge is 0.338 e. The second-order valence-electron chi connectivity index (χ2n) is 6.10. The molecule has 0 bridgehead atoms. The van der Waals surface area contributed by atoms with E-state index in [9.17, 15) is 4.79 Å². The molecule has 1 heterocycles. The van der Waals surface area contributed by atoms with Crippen molar-refractivity contribution >= 4 is 28.3 Å². The van der Waals surface area contributed by atoms with Crippen molar-refractivity contribution in [3.8, 4) is 11.4 Å². The van der Waals surface area contributed by atoms with Crippen molar-refractivity contribution in [3.05, 3.63) is 59.7 Å². The van der Waals surface area contributed by atoms with Gasteiger partial charge in [-0.3, -0.25) is 4.79 Å². The number of hydrogen-bond donors (Lipinski definition) is 1. The van der Waals surface area contributed by atoms with Gasteiger partial charge in [-0.15, -0.1) is 0 Å². The van der Waals surface area contributed by atoms with Gasteiger partial charge in [0.05, 0.1) is 6.54 Å². The Morgan fingerprint density at radius 2 is 1.77 bits per heavy atom. The van der Waals surface area contributed by atoms with Crippen molar-refractivity contribution in [2.45, 2.75) is 20.8 Å². The minimum Gasteiger partial charge on any atom is -0.338 e. The first-order valence-electron chi connectivity index (χ1n) is 8.58. The van der Waals surface area contributed by atoms with Crippen molar-refractivity contribution in [2.75, 3.05) is 23.3 Å². The van der Waals surface area contributed by atoms with E-state index in [-0.39, 0.29) is 12.5 Å². The summed E-state index contributed by atoms with van der Waals surface area (Å²) in [4.78, 5) is 19.1. The standard InChI is InChI=1S/C20H22N4OS/c1-4-24(13-17(25)21-18-14(2)9-8-10-15(18)3)20-22-19(23-26-20)16-11-6-5-7-12-16/h5-12H,4,13H2,1-3H3,(H,21,25). The van der Waals surface area contributed by atoms with Crippen molar-refractivity contribution in [3.63, 3.8) is 0 Å². The number of anilines is 2. The van der Waals surface area contributed by atoms with Gasteiger partial charge in [0.15, 0.2) is 5.82 Å². The Hall–Kier alpha value is -2.73. The third-order valence-corrected chi connectivity index (χ3v) is 4.96. The minimum atomic E-state index is -0.0549. The Morgan fingerprint density at radius 1 is 1.08 bits per heavy atom. The van der Waals surface area contributed by atoms with Gasteiger partial charge >= 0.3 is 0 Å². The van der Waals surface area contributed by atoms with Crippen LogP contribution in [0.25, 0.3) is 11.4 Å². The molecule has 134 valence electrons. The number of benzene rings is 2. The highest BCUT2D eigenvalue weighted by molar-refractivity contribution is 7.09. The Labute approximate surface area is 157 Å². The maximum Gasteiger partial charge on any atom is 0.243 e. The summed E-state index contributed by atoms with van der Waals surface area (Å²) in [7, 11) is 0. The van der Waals surface area contributed by atoms with E-state index in [0.717, 1.165) is 27.5 Å². The van der Waals surface area contributed by atoms with Crippen molar-refractivity contribution in [1.29, 1.82) is 0 Å². The van der Waals surface area contributed by atoms with Crippen LogP contribution in [-0.4, -0.2) is 28.4 Å². The quantitative estimate of drug-likeness (QED) is 0.707. The predicted molar refractivity (Wildman–Crippen MR) is 108 cm³/mol. The summed E-state index contributed by atoms with van der Waals surface area (Å²) in [5.41, 5.74) is 3.98. The van der Waals surface area contributed by atoms with Gasteiger partial charge in [0.2, 0.25) is 11.0 Å². The molecule has 0 saturated heterocycles. The van der Waals surface area contributed by atoms with Crippen LogP contribution in [0.5, 0.6) is 0 Å². The summed E-state index contributed by atoms with van der Waals surface area (Å²) < 4.78 is 4.43. The van der Waals surface area contributed by atoms with Gasteiger partial charge in [-0.1, -0.05) is 48.5 Å². The number of carbonyl (C=O) groups excluding carboxylic acids is 1. The molecule has 0 fully saturated rings. The molecule has 0 radical (unpaired) electrons. The van der Waals surface area contributed by atoms with Crippen LogP contribution in [0.3, 0.4) is 0 Å². The Kier molecular flexibility index (Phi) is 5.63. The average molecular weight is 366 g/mol. The number of likely N-dealkylation sites (N-methyl/N-ethyl adjacent to an activating group) is 1. The van der Waals surface area contributed by atoms with E-state index in [2.05, 4.69) is 14.7 Å². The molecule has 0 atom stereocenters. The van der Waals surface area contributed by atoms with E-state index in [1.807, 2.05) is 74.2 Å². The van der Waals surface area contributed by atoms with E-state index in [1.165, 1.54) is 11.5 Å². The van der Waals surface area contributed by atoms with E-state index in [1.54, 1.807) is 0 Å². The Morgan fingerprint density at radius 3 is 2.42 bits per heavy atom. The SMILES string of the molecule is CCN(CC(=O)Nc1c(C)cccc1C)c1nc(-c2ccccc2)ns1. The second kappa shape index (κ2) is 8.10. The predicted octanol–water partition coefficient (Wildman–Crippen LogP) is 4.29. The number of aryl methyl sites for hydroxylation is 2. The zero-order valence-electron chi connectivity index (χ0n) is 15.2. The smallest absolute Gasteiger partial charge is 0.243 e. The lowest BCUT2D eigenvalue weighted by Crippen LogP contribution is -2.33. The highest BCUT2D eigenvalue weighted by Gasteiger charge is 2.16. The second-order valence-corrected chi connectivity index (χ2v) is 6.83. The van der Waals surface area contributed by atoms with Gasteiger partial charge in [0.1, 0.15) is 0 Å². The molecule has 6 heteroatoms. The van der Waals surface area contributed by atoms with Crippen molar-refractivity contribution in [2.24, 2.45) is 0 Å². The zero-order chi connectivity index (χ0) is 18.5. The van der Waals surface area contributed by atoms with Gasteiger partial charge in [-0.05, 0) is 31.9 Å². The molecule has 1 amide bonds. The Bertz CT molecular complexity index is 872. The van der Waals surface area contributed by atoms with Gasteiger partial charge in [-0.2, -0.15) is 9.36 Å². The molecule has 26 heavy (non-hydrogen) atoms. The Balaban J connectivity index is 1.72. The van der Waals surface area contributed by atoms with Gasteiger partial charge in [0.25, 0.3) is 0 Å². The molecule has 0 saturated carbocycles. The maximum atomic E-state index is 12.5. The van der Waals surface area contributed by atoms with Crippen LogP contribution in [0.15, 0.2) is 48.5 Å². The molecular formula is C20H22N4OS. The summed E-state index contributed by atoms with van der Waals surface area (Å²) in [5, 5.41) is 3.78. The highest BCUT2D eigenvalue weighted by atomic mass is 32.1. The lowest BCUT2D eigenvalue weighted by Gasteiger charge is -2.19. The van der Waals surface area contributed by atoms with Crippen LogP contribution in [0, 0.1) is 13.8 Å². The monoisotopic (exact) mass is 366 g/mol. The fraction of sp³-hybridized carbons (Fsp3) is 0.250. The number of nitrogens with one attached hydrogen (secondary N) is 1. The molecule has 3 aromatic rings. The van der Waals surface area contributed by atoms with Crippen molar-refractivity contribution < 1.29 is 4.79 Å². The number of carbonyl (C=O) groups is 1. The molecule has 0 unspecified atom stereocenters. The molecule has 3 rings (SSSR count). The number of aromatic nitrogens is 2. The molecule has 5 nitrogen and oxygen atoms in total. The topological polar surface area (TPSA) is 58.1 Å². The van der Waals surface area contributed by atoms with Gasteiger partial charge < -0.3 is 10.2 Å². The first kappa shape index (κ1) is 18.1. The summed E-state index contributed by atoms with van der Waals surface area (Å²) >= 11 is 1.32. The normalized spacial score (nSPS) is 10.6. The van der Waals surface area contributed by atoms with Crippen LogP contribution in [0.1, 0.15) is 18.1 Å². The number of nitrogens with zero attached hydrogens (tertiary/aromatic N) is 3. The van der Waals surface area contributed by atoms with Crippen LogP contribution in [-0.2, 0) is 4.79 Å². The summed E-state index contributed by atoms with van der Waals surface area (Å²) in [6, 6.07) is 15.8. The number of rotatable bonds is 6. The van der Waals surface area contributed by atoms with Crippen LogP contribution >= 0.6 is 11.5 Å². The first-order chi connectivity index (χ1) is 12.6. The molecule has 1 aromatic heterocycles. The van der Waals surface area contributed by atoms with Crippen LogP contribution in [0.4, 0.5) is 10.8 Å². The minimum absolute atomic E-state index is 0.0549.